The quantitative estimate of drug-likeness (QED) is 0.530. The van der Waals surface area contributed by atoms with Gasteiger partial charge in [0.05, 0.1) is 6.54 Å². The highest BCUT2D eigenvalue weighted by molar-refractivity contribution is 5.84. The van der Waals surface area contributed by atoms with Crippen LogP contribution in [0.2, 0.25) is 0 Å². The second kappa shape index (κ2) is 9.29. The zero-order valence-corrected chi connectivity index (χ0v) is 19.3. The van der Waals surface area contributed by atoms with Crippen LogP contribution in [0.3, 0.4) is 0 Å². The summed E-state index contributed by atoms with van der Waals surface area (Å²) in [5, 5.41) is 11.8. The molecule has 2 aliphatic rings. The van der Waals surface area contributed by atoms with Gasteiger partial charge in [0.15, 0.2) is 0 Å². The molecule has 1 fully saturated rings. The number of nitrogens with one attached hydrogen (secondary N) is 1. The van der Waals surface area contributed by atoms with Crippen molar-refractivity contribution in [1.82, 2.24) is 10.2 Å². The van der Waals surface area contributed by atoms with Gasteiger partial charge in [-0.25, -0.2) is 9.59 Å². The van der Waals surface area contributed by atoms with E-state index in [0.29, 0.717) is 18.6 Å². The molecular weight excluding hydrogens is 448 g/mol. The zero-order chi connectivity index (χ0) is 24.5. The van der Waals surface area contributed by atoms with Gasteiger partial charge in [-0.3, -0.25) is 4.79 Å². The molecule has 2 aromatic carbocycles. The van der Waals surface area contributed by atoms with Crippen molar-refractivity contribution < 1.29 is 28.6 Å². The minimum atomic E-state index is -1.15. The van der Waals surface area contributed by atoms with Crippen LogP contribution in [0.1, 0.15) is 46.2 Å². The molecular formula is C27H26N2O6. The highest BCUT2D eigenvalue weighted by atomic mass is 16.5. The number of nitrogens with zero attached hydrogens (tertiary/aromatic N) is 1. The van der Waals surface area contributed by atoms with Crippen LogP contribution in [0.15, 0.2) is 65.1 Å². The van der Waals surface area contributed by atoms with E-state index in [1.807, 2.05) is 24.3 Å². The molecule has 2 amide bonds. The normalized spacial score (nSPS) is 18.2. The first-order chi connectivity index (χ1) is 16.9. The minimum Gasteiger partial charge on any atom is -0.475 e. The van der Waals surface area contributed by atoms with E-state index in [9.17, 15) is 14.4 Å². The Morgan fingerprint density at radius 1 is 1.00 bits per heavy atom. The van der Waals surface area contributed by atoms with Crippen molar-refractivity contribution in [2.24, 2.45) is 5.92 Å². The van der Waals surface area contributed by atoms with Crippen molar-refractivity contribution in [3.05, 3.63) is 83.3 Å². The molecule has 8 heteroatoms. The van der Waals surface area contributed by atoms with E-state index in [0.717, 1.165) is 11.1 Å². The molecule has 0 atom stereocenters. The first kappa shape index (κ1) is 22.7. The predicted octanol–water partition coefficient (Wildman–Crippen LogP) is 4.25. The maximum Gasteiger partial charge on any atom is 0.407 e. The number of carbonyl (C=O) groups excluding carboxylic acids is 2. The Morgan fingerprint density at radius 2 is 1.63 bits per heavy atom. The SMILES string of the molecule is CN(Cc1ccc(C(=O)O)o1)C(=O)C1CC(NC(=O)OCC2c3ccccc3-c3ccccc32)C1. The summed E-state index contributed by atoms with van der Waals surface area (Å²) in [6.07, 6.45) is 0.588. The Hall–Kier alpha value is -4.07. The highest BCUT2D eigenvalue weighted by Crippen LogP contribution is 2.44. The number of benzene rings is 2. The molecule has 1 saturated carbocycles. The van der Waals surface area contributed by atoms with Crippen LogP contribution in [-0.2, 0) is 16.1 Å². The van der Waals surface area contributed by atoms with E-state index >= 15 is 0 Å². The standard InChI is InChI=1S/C27H26N2O6/c1-29(14-18-10-11-24(35-18)26(31)32)25(30)16-12-17(13-16)28-27(33)34-15-23-21-8-4-2-6-19(21)20-7-3-5-9-22(20)23/h2-11,16-17,23H,12-15H2,1H3,(H,28,33)(H,31,32). The third kappa shape index (κ3) is 4.51. The maximum absolute atomic E-state index is 12.7. The number of alkyl carbamates (subject to hydrolysis) is 1. The van der Waals surface area contributed by atoms with Crippen LogP contribution in [-0.4, -0.2) is 47.7 Å². The lowest BCUT2D eigenvalue weighted by molar-refractivity contribution is -0.138. The molecule has 5 rings (SSSR count). The predicted molar refractivity (Wildman–Crippen MR) is 127 cm³/mol. The first-order valence-electron chi connectivity index (χ1n) is 11.6. The zero-order valence-electron chi connectivity index (χ0n) is 19.3. The molecule has 0 radical (unpaired) electrons. The number of hydrogen-bond donors (Lipinski definition) is 2. The minimum absolute atomic E-state index is 0.000704. The van der Waals surface area contributed by atoms with Gasteiger partial charge in [-0.2, -0.15) is 0 Å². The summed E-state index contributed by atoms with van der Waals surface area (Å²) in [6, 6.07) is 19.2. The number of hydrogen-bond acceptors (Lipinski definition) is 5. The average Bonchev–Trinajstić information content (AvgIpc) is 3.42. The van der Waals surface area contributed by atoms with Gasteiger partial charge in [0, 0.05) is 24.9 Å². The third-order valence-corrected chi connectivity index (χ3v) is 6.79. The molecule has 3 aromatic rings. The summed E-state index contributed by atoms with van der Waals surface area (Å²) in [6.45, 7) is 0.437. The molecule has 0 saturated heterocycles. The lowest BCUT2D eigenvalue weighted by Crippen LogP contribution is -2.49. The molecule has 0 unspecified atom stereocenters. The largest absolute Gasteiger partial charge is 0.475 e. The third-order valence-electron chi connectivity index (χ3n) is 6.79. The fourth-order valence-corrected chi connectivity index (χ4v) is 4.95. The molecule has 35 heavy (non-hydrogen) atoms. The Balaban J connectivity index is 1.09. The molecule has 0 spiro atoms. The van der Waals surface area contributed by atoms with Crippen molar-refractivity contribution in [3.8, 4) is 11.1 Å². The van der Waals surface area contributed by atoms with Crippen molar-refractivity contribution in [2.45, 2.75) is 31.3 Å². The van der Waals surface area contributed by atoms with Crippen molar-refractivity contribution >= 4 is 18.0 Å². The summed E-state index contributed by atoms with van der Waals surface area (Å²) in [4.78, 5) is 37.6. The van der Waals surface area contributed by atoms with E-state index in [2.05, 4.69) is 29.6 Å². The Kier molecular flexibility index (Phi) is 6.03. The van der Waals surface area contributed by atoms with Crippen molar-refractivity contribution in [3.63, 3.8) is 0 Å². The van der Waals surface area contributed by atoms with Crippen LogP contribution in [0, 0.1) is 5.92 Å². The summed E-state index contributed by atoms with van der Waals surface area (Å²) in [5.74, 6) is -1.16. The number of carboxylic acids is 1. The number of rotatable bonds is 7. The number of aromatic carboxylic acids is 1. The molecule has 1 aromatic heterocycles. The summed E-state index contributed by atoms with van der Waals surface area (Å²) in [7, 11) is 1.65. The van der Waals surface area contributed by atoms with Gasteiger partial charge < -0.3 is 24.5 Å². The molecule has 1 heterocycles. The molecule has 8 nitrogen and oxygen atoms in total. The number of carboxylic acid groups (broad SMARTS) is 1. The van der Waals surface area contributed by atoms with Gasteiger partial charge >= 0.3 is 12.1 Å². The monoisotopic (exact) mass is 474 g/mol. The summed E-state index contributed by atoms with van der Waals surface area (Å²) >= 11 is 0. The second-order valence-electron chi connectivity index (χ2n) is 9.10. The fraction of sp³-hybridized carbons (Fsp3) is 0.296. The first-order valence-corrected chi connectivity index (χ1v) is 11.6. The molecule has 2 N–H and O–H groups in total. The average molecular weight is 475 g/mol. The van der Waals surface area contributed by atoms with E-state index < -0.39 is 12.1 Å². The van der Waals surface area contributed by atoms with Crippen LogP contribution in [0.4, 0.5) is 4.79 Å². The summed E-state index contributed by atoms with van der Waals surface area (Å²) < 4.78 is 10.8. The van der Waals surface area contributed by atoms with Crippen LogP contribution < -0.4 is 5.32 Å². The fourth-order valence-electron chi connectivity index (χ4n) is 4.95. The van der Waals surface area contributed by atoms with E-state index in [1.54, 1.807) is 13.1 Å². The van der Waals surface area contributed by atoms with Gasteiger partial charge in [-0.15, -0.1) is 0 Å². The van der Waals surface area contributed by atoms with Gasteiger partial charge in [-0.1, -0.05) is 48.5 Å². The topological polar surface area (TPSA) is 109 Å². The number of fused-ring (bicyclic) bond motifs is 3. The van der Waals surface area contributed by atoms with Crippen LogP contribution >= 0.6 is 0 Å². The summed E-state index contributed by atoms with van der Waals surface area (Å²) in [5.41, 5.74) is 4.67. The van der Waals surface area contributed by atoms with Crippen LogP contribution in [0.5, 0.6) is 0 Å². The number of furan rings is 1. The smallest absolute Gasteiger partial charge is 0.407 e. The maximum atomic E-state index is 12.7. The molecule has 0 aliphatic heterocycles. The highest BCUT2D eigenvalue weighted by Gasteiger charge is 2.37. The van der Waals surface area contributed by atoms with Crippen molar-refractivity contribution in [2.75, 3.05) is 13.7 Å². The van der Waals surface area contributed by atoms with Gasteiger partial charge in [0.2, 0.25) is 11.7 Å². The lowest BCUT2D eigenvalue weighted by Gasteiger charge is -2.36. The van der Waals surface area contributed by atoms with E-state index in [4.69, 9.17) is 14.3 Å². The van der Waals surface area contributed by atoms with E-state index in [1.165, 1.54) is 22.1 Å². The van der Waals surface area contributed by atoms with Crippen molar-refractivity contribution in [1.29, 1.82) is 0 Å². The number of carbonyl (C=O) groups is 3. The second-order valence-corrected chi connectivity index (χ2v) is 9.10. The Bertz CT molecular complexity index is 1230. The van der Waals surface area contributed by atoms with Crippen LogP contribution in [0.25, 0.3) is 11.1 Å². The van der Waals surface area contributed by atoms with Gasteiger partial charge in [0.1, 0.15) is 12.4 Å². The lowest BCUT2D eigenvalue weighted by atomic mass is 9.79. The van der Waals surface area contributed by atoms with E-state index in [-0.39, 0.29) is 42.7 Å². The Labute approximate surface area is 202 Å². The van der Waals surface area contributed by atoms with Gasteiger partial charge in [0.25, 0.3) is 0 Å². The molecule has 2 aliphatic carbocycles. The Morgan fingerprint density at radius 3 is 2.23 bits per heavy atom. The molecule has 0 bridgehead atoms. The molecule has 180 valence electrons. The van der Waals surface area contributed by atoms with Gasteiger partial charge in [-0.05, 0) is 47.2 Å². The number of ether oxygens (including phenoxy) is 1. The number of amides is 2.